The Labute approximate surface area is 184 Å². The van der Waals surface area contributed by atoms with Gasteiger partial charge in [0.25, 0.3) is 0 Å². The summed E-state index contributed by atoms with van der Waals surface area (Å²) in [7, 11) is 3.62. The van der Waals surface area contributed by atoms with Crippen LogP contribution in [0.2, 0.25) is 0 Å². The first-order chi connectivity index (χ1) is 12.8. The van der Waals surface area contributed by atoms with Crippen LogP contribution in [-0.4, -0.2) is 70.0 Å². The second-order valence-electron chi connectivity index (χ2n) is 7.08. The van der Waals surface area contributed by atoms with E-state index >= 15 is 0 Å². The number of nitrogens with zero attached hydrogens (tertiary/aromatic N) is 2. The smallest absolute Gasteiger partial charge is 0.191 e. The summed E-state index contributed by atoms with van der Waals surface area (Å²) in [6.07, 6.45) is 4.43. The number of thiophene rings is 1. The lowest BCUT2D eigenvalue weighted by molar-refractivity contribution is -0.0855. The molecule has 8 heteroatoms. The van der Waals surface area contributed by atoms with Crippen molar-refractivity contribution in [2.45, 2.75) is 37.3 Å². The summed E-state index contributed by atoms with van der Waals surface area (Å²) in [5.74, 6) is 0.841. The maximum atomic E-state index is 5.81. The monoisotopic (exact) mass is 508 g/mol. The molecule has 0 saturated carbocycles. The molecule has 3 heterocycles. The lowest BCUT2D eigenvalue weighted by atomic mass is 9.94. The topological polar surface area (TPSA) is 58.1 Å². The van der Waals surface area contributed by atoms with Crippen LogP contribution in [0.1, 0.15) is 36.6 Å². The van der Waals surface area contributed by atoms with E-state index in [4.69, 9.17) is 9.47 Å². The first kappa shape index (κ1) is 22.9. The van der Waals surface area contributed by atoms with Gasteiger partial charge < -0.3 is 20.1 Å². The van der Waals surface area contributed by atoms with Gasteiger partial charge in [-0.2, -0.15) is 0 Å². The largest absolute Gasteiger partial charge is 0.381 e. The highest BCUT2D eigenvalue weighted by atomic mass is 127. The molecule has 0 bridgehead atoms. The van der Waals surface area contributed by atoms with Gasteiger partial charge >= 0.3 is 0 Å². The van der Waals surface area contributed by atoms with Gasteiger partial charge in [-0.05, 0) is 37.4 Å². The number of rotatable bonds is 7. The Bertz CT molecular complexity index is 558. The lowest BCUT2D eigenvalue weighted by Gasteiger charge is -2.36. The van der Waals surface area contributed by atoms with Crippen molar-refractivity contribution in [2.24, 2.45) is 4.99 Å². The van der Waals surface area contributed by atoms with Crippen molar-refractivity contribution in [3.63, 3.8) is 0 Å². The SMILES string of the molecule is CN=C(NCC(c1cccs1)N1CCCC1)NCC1(OC)CCOCC1.I. The van der Waals surface area contributed by atoms with Gasteiger partial charge in [-0.3, -0.25) is 9.89 Å². The first-order valence-electron chi connectivity index (χ1n) is 9.61. The number of likely N-dealkylation sites (tertiary alicyclic amines) is 1. The average Bonchev–Trinajstić information content (AvgIpc) is 3.40. The Morgan fingerprint density at radius 1 is 1.33 bits per heavy atom. The van der Waals surface area contributed by atoms with Crippen LogP contribution in [-0.2, 0) is 9.47 Å². The number of hydrogen-bond acceptors (Lipinski definition) is 5. The second-order valence-corrected chi connectivity index (χ2v) is 8.06. The minimum absolute atomic E-state index is 0. The number of aliphatic imine (C=N–C) groups is 1. The summed E-state index contributed by atoms with van der Waals surface area (Å²) in [4.78, 5) is 8.42. The highest BCUT2D eigenvalue weighted by Crippen LogP contribution is 2.28. The van der Waals surface area contributed by atoms with Crippen molar-refractivity contribution in [3.05, 3.63) is 22.4 Å². The van der Waals surface area contributed by atoms with Crippen molar-refractivity contribution in [3.8, 4) is 0 Å². The van der Waals surface area contributed by atoms with Crippen molar-refractivity contribution in [1.29, 1.82) is 0 Å². The highest BCUT2D eigenvalue weighted by molar-refractivity contribution is 14.0. The Hall–Kier alpha value is -0.420. The summed E-state index contributed by atoms with van der Waals surface area (Å²) < 4.78 is 11.3. The van der Waals surface area contributed by atoms with E-state index in [9.17, 15) is 0 Å². The third-order valence-electron chi connectivity index (χ3n) is 5.55. The van der Waals surface area contributed by atoms with E-state index in [0.717, 1.165) is 45.1 Å². The number of guanidine groups is 1. The van der Waals surface area contributed by atoms with Gasteiger partial charge in [0.1, 0.15) is 0 Å². The molecule has 3 rings (SSSR count). The van der Waals surface area contributed by atoms with Gasteiger partial charge in [0.15, 0.2) is 5.96 Å². The minimum Gasteiger partial charge on any atom is -0.381 e. The van der Waals surface area contributed by atoms with Crippen LogP contribution in [0, 0.1) is 0 Å². The van der Waals surface area contributed by atoms with Gasteiger partial charge in [0, 0.05) is 58.2 Å². The van der Waals surface area contributed by atoms with Crippen LogP contribution >= 0.6 is 35.3 Å². The zero-order valence-corrected chi connectivity index (χ0v) is 19.6. The van der Waals surface area contributed by atoms with Crippen molar-refractivity contribution in [2.75, 3.05) is 53.6 Å². The molecule has 0 spiro atoms. The molecule has 0 aliphatic carbocycles. The third-order valence-corrected chi connectivity index (χ3v) is 6.53. The van der Waals surface area contributed by atoms with E-state index in [-0.39, 0.29) is 29.6 Å². The molecule has 1 unspecified atom stereocenters. The molecular formula is C19H33IN4O2S. The van der Waals surface area contributed by atoms with Gasteiger partial charge in [0.2, 0.25) is 0 Å². The zero-order chi connectivity index (χ0) is 18.2. The first-order valence-corrected chi connectivity index (χ1v) is 10.5. The van der Waals surface area contributed by atoms with E-state index < -0.39 is 0 Å². The van der Waals surface area contributed by atoms with Crippen LogP contribution in [0.3, 0.4) is 0 Å². The Morgan fingerprint density at radius 2 is 2.07 bits per heavy atom. The normalized spacial score (nSPS) is 21.5. The molecule has 2 saturated heterocycles. The molecule has 2 aliphatic heterocycles. The van der Waals surface area contributed by atoms with E-state index in [1.54, 1.807) is 7.11 Å². The molecule has 6 nitrogen and oxygen atoms in total. The maximum absolute atomic E-state index is 5.81. The lowest BCUT2D eigenvalue weighted by Crippen LogP contribution is -2.51. The number of nitrogens with one attached hydrogen (secondary N) is 2. The summed E-state index contributed by atoms with van der Waals surface area (Å²) >= 11 is 1.84. The summed E-state index contributed by atoms with van der Waals surface area (Å²) in [6.45, 7) is 5.50. The van der Waals surface area contributed by atoms with Gasteiger partial charge in [-0.25, -0.2) is 0 Å². The molecule has 2 fully saturated rings. The number of halogens is 1. The Morgan fingerprint density at radius 3 is 2.67 bits per heavy atom. The summed E-state index contributed by atoms with van der Waals surface area (Å²) in [5, 5.41) is 9.16. The van der Waals surface area contributed by atoms with Crippen LogP contribution in [0.4, 0.5) is 0 Å². The molecule has 1 atom stereocenters. The van der Waals surface area contributed by atoms with Crippen LogP contribution < -0.4 is 10.6 Å². The summed E-state index contributed by atoms with van der Waals surface area (Å²) in [6, 6.07) is 4.80. The summed E-state index contributed by atoms with van der Waals surface area (Å²) in [5.41, 5.74) is -0.155. The quantitative estimate of drug-likeness (QED) is 0.337. The van der Waals surface area contributed by atoms with Gasteiger partial charge in [-0.15, -0.1) is 35.3 Å². The molecule has 2 N–H and O–H groups in total. The number of methoxy groups -OCH3 is 1. The Kier molecular flexibility index (Phi) is 9.78. The molecule has 0 amide bonds. The molecule has 27 heavy (non-hydrogen) atoms. The molecule has 154 valence electrons. The highest BCUT2D eigenvalue weighted by Gasteiger charge is 2.32. The van der Waals surface area contributed by atoms with E-state index in [0.29, 0.717) is 6.04 Å². The van der Waals surface area contributed by atoms with E-state index in [1.807, 2.05) is 18.4 Å². The fourth-order valence-electron chi connectivity index (χ4n) is 3.80. The fraction of sp³-hybridized carbons (Fsp3) is 0.737. The minimum atomic E-state index is -0.155. The fourth-order valence-corrected chi connectivity index (χ4v) is 4.66. The Balaban J connectivity index is 0.00000261. The van der Waals surface area contributed by atoms with Crippen molar-refractivity contribution >= 4 is 41.3 Å². The second kappa shape index (κ2) is 11.5. The molecule has 1 aromatic rings. The molecule has 1 aromatic heterocycles. The number of hydrogen-bond donors (Lipinski definition) is 2. The van der Waals surface area contributed by atoms with Crippen LogP contribution in [0.15, 0.2) is 22.5 Å². The predicted octanol–water partition coefficient (Wildman–Crippen LogP) is 2.86. The van der Waals surface area contributed by atoms with Crippen molar-refractivity contribution < 1.29 is 9.47 Å². The standard InChI is InChI=1S/C19H32N4O2S.HI/c1-20-18(22-15-19(24-2)7-11-25-12-8-19)21-14-16(17-6-5-13-26-17)23-9-3-4-10-23;/h5-6,13,16H,3-4,7-12,14-15H2,1-2H3,(H2,20,21,22);1H. The van der Waals surface area contributed by atoms with Crippen LogP contribution in [0.5, 0.6) is 0 Å². The third kappa shape index (κ3) is 6.28. The van der Waals surface area contributed by atoms with Crippen molar-refractivity contribution in [1.82, 2.24) is 15.5 Å². The molecule has 0 aromatic carbocycles. The van der Waals surface area contributed by atoms with E-state index in [1.165, 1.54) is 30.8 Å². The van der Waals surface area contributed by atoms with E-state index in [2.05, 4.69) is 38.0 Å². The molecule has 0 radical (unpaired) electrons. The van der Waals surface area contributed by atoms with Gasteiger partial charge in [0.05, 0.1) is 11.6 Å². The van der Waals surface area contributed by atoms with Crippen LogP contribution in [0.25, 0.3) is 0 Å². The predicted molar refractivity (Wildman–Crippen MR) is 122 cm³/mol. The number of ether oxygens (including phenoxy) is 2. The average molecular weight is 508 g/mol. The maximum Gasteiger partial charge on any atom is 0.191 e. The molecule has 2 aliphatic rings. The zero-order valence-electron chi connectivity index (χ0n) is 16.4. The molecular weight excluding hydrogens is 475 g/mol. The van der Waals surface area contributed by atoms with Gasteiger partial charge in [-0.1, -0.05) is 6.07 Å².